The number of rotatable bonds is 9. The van der Waals surface area contributed by atoms with Gasteiger partial charge in [-0.15, -0.1) is 22.7 Å². The molecule has 0 fully saturated rings. The first-order valence-corrected chi connectivity index (χ1v) is 12.3. The van der Waals surface area contributed by atoms with Gasteiger partial charge in [-0.2, -0.15) is 5.10 Å². The molecule has 9 heteroatoms. The predicted molar refractivity (Wildman–Crippen MR) is 130 cm³/mol. The summed E-state index contributed by atoms with van der Waals surface area (Å²) in [4.78, 5) is 18.1. The Morgan fingerprint density at radius 1 is 1.23 bits per heavy atom. The second-order valence-corrected chi connectivity index (χ2v) is 9.31. The molecular weight excluding hydrogens is 446 g/mol. The van der Waals surface area contributed by atoms with Gasteiger partial charge in [0.2, 0.25) is 5.91 Å². The van der Waals surface area contributed by atoms with Crippen LogP contribution in [0.2, 0.25) is 0 Å². The zero-order chi connectivity index (χ0) is 21.6. The van der Waals surface area contributed by atoms with Crippen molar-refractivity contribution >= 4 is 45.9 Å². The third-order valence-electron chi connectivity index (χ3n) is 4.88. The number of amides is 1. The Morgan fingerprint density at radius 3 is 2.81 bits per heavy atom. The van der Waals surface area contributed by atoms with Crippen LogP contribution in [-0.2, 0) is 17.8 Å². The molecule has 31 heavy (non-hydrogen) atoms. The van der Waals surface area contributed by atoms with E-state index in [0.717, 1.165) is 28.4 Å². The number of aryl methyl sites for hydroxylation is 1. The molecule has 1 amide bonds. The van der Waals surface area contributed by atoms with Gasteiger partial charge in [0.25, 0.3) is 0 Å². The van der Waals surface area contributed by atoms with E-state index in [9.17, 15) is 4.79 Å². The third kappa shape index (κ3) is 5.36. The van der Waals surface area contributed by atoms with Crippen molar-refractivity contribution in [2.24, 2.45) is 0 Å². The highest BCUT2D eigenvalue weighted by Crippen LogP contribution is 2.26. The van der Waals surface area contributed by atoms with E-state index in [0.29, 0.717) is 16.4 Å². The lowest BCUT2D eigenvalue weighted by Crippen LogP contribution is -2.14. The van der Waals surface area contributed by atoms with Crippen molar-refractivity contribution < 1.29 is 4.79 Å². The molecule has 3 heterocycles. The van der Waals surface area contributed by atoms with E-state index in [4.69, 9.17) is 12.2 Å². The smallest absolute Gasteiger partial charge is 0.227 e. The van der Waals surface area contributed by atoms with E-state index in [2.05, 4.69) is 51.7 Å². The van der Waals surface area contributed by atoms with Gasteiger partial charge in [0.05, 0.1) is 10.6 Å². The highest BCUT2D eigenvalue weighted by atomic mass is 32.1. The standard InChI is InChI=1S/C22H23N5OS3/c1-2-3-5-15-7-9-16(10-8-15)17-14-31-21(23-17)24-19(28)11-12-27-20(25-26-22(27)29)18-6-4-13-30-18/h4,6-10,13-14H,2-3,5,11-12H2,1H3,(H,26,29)(H,23,24,28). The fourth-order valence-corrected chi connectivity index (χ4v) is 4.88. The Kier molecular flexibility index (Phi) is 7.06. The van der Waals surface area contributed by atoms with Gasteiger partial charge in [-0.05, 0) is 42.1 Å². The summed E-state index contributed by atoms with van der Waals surface area (Å²) >= 11 is 8.34. The molecule has 0 aliphatic carbocycles. The Morgan fingerprint density at radius 2 is 2.06 bits per heavy atom. The second kappa shape index (κ2) is 10.1. The molecule has 0 unspecified atom stereocenters. The lowest BCUT2D eigenvalue weighted by Gasteiger charge is -2.05. The maximum Gasteiger partial charge on any atom is 0.227 e. The highest BCUT2D eigenvalue weighted by molar-refractivity contribution is 7.71. The van der Waals surface area contributed by atoms with Gasteiger partial charge in [0.15, 0.2) is 15.7 Å². The first-order chi connectivity index (χ1) is 15.1. The van der Waals surface area contributed by atoms with E-state index in [1.54, 1.807) is 11.3 Å². The maximum atomic E-state index is 12.5. The molecule has 3 aromatic heterocycles. The average Bonchev–Trinajstić information content (AvgIpc) is 3.53. The number of aromatic amines is 1. The molecule has 2 N–H and O–H groups in total. The summed E-state index contributed by atoms with van der Waals surface area (Å²) in [6.07, 6.45) is 3.78. The topological polar surface area (TPSA) is 75.6 Å². The molecule has 1 aromatic carbocycles. The molecule has 0 saturated carbocycles. The van der Waals surface area contributed by atoms with E-state index >= 15 is 0 Å². The first-order valence-electron chi connectivity index (χ1n) is 10.2. The second-order valence-electron chi connectivity index (χ2n) is 7.12. The summed E-state index contributed by atoms with van der Waals surface area (Å²) in [5.74, 6) is 0.655. The van der Waals surface area contributed by atoms with Crippen LogP contribution in [0.5, 0.6) is 0 Å². The highest BCUT2D eigenvalue weighted by Gasteiger charge is 2.13. The zero-order valence-electron chi connectivity index (χ0n) is 17.1. The quantitative estimate of drug-likeness (QED) is 0.288. The Bertz CT molecular complexity index is 1190. The van der Waals surface area contributed by atoms with Gasteiger partial charge < -0.3 is 5.32 Å². The lowest BCUT2D eigenvalue weighted by molar-refractivity contribution is -0.116. The Labute approximate surface area is 194 Å². The molecule has 160 valence electrons. The van der Waals surface area contributed by atoms with Gasteiger partial charge in [0.1, 0.15) is 0 Å². The van der Waals surface area contributed by atoms with Crippen molar-refractivity contribution in [1.82, 2.24) is 19.7 Å². The molecule has 0 aliphatic heterocycles. The summed E-state index contributed by atoms with van der Waals surface area (Å²) in [7, 11) is 0. The van der Waals surface area contributed by atoms with Crippen molar-refractivity contribution in [2.75, 3.05) is 5.32 Å². The van der Waals surface area contributed by atoms with E-state index in [1.165, 1.54) is 29.7 Å². The minimum atomic E-state index is -0.101. The minimum absolute atomic E-state index is 0.101. The number of carbonyl (C=O) groups is 1. The van der Waals surface area contributed by atoms with Gasteiger partial charge >= 0.3 is 0 Å². The summed E-state index contributed by atoms with van der Waals surface area (Å²) in [6, 6.07) is 12.5. The Hall–Kier alpha value is -2.62. The molecule has 0 saturated heterocycles. The third-order valence-corrected chi connectivity index (χ3v) is 6.82. The van der Waals surface area contributed by atoms with Crippen LogP contribution in [-0.4, -0.2) is 25.7 Å². The minimum Gasteiger partial charge on any atom is -0.302 e. The van der Waals surface area contributed by atoms with Crippen LogP contribution < -0.4 is 5.32 Å². The van der Waals surface area contributed by atoms with E-state index in [-0.39, 0.29) is 12.3 Å². The fourth-order valence-electron chi connectivity index (χ4n) is 3.20. The van der Waals surface area contributed by atoms with Gasteiger partial charge in [-0.25, -0.2) is 4.98 Å². The number of thiazole rings is 1. The van der Waals surface area contributed by atoms with Crippen LogP contribution in [0.25, 0.3) is 22.0 Å². The molecule has 4 rings (SSSR count). The number of hydrogen-bond acceptors (Lipinski definition) is 6. The zero-order valence-corrected chi connectivity index (χ0v) is 19.6. The molecule has 0 spiro atoms. The van der Waals surface area contributed by atoms with Gasteiger partial charge in [-0.3, -0.25) is 14.5 Å². The summed E-state index contributed by atoms with van der Waals surface area (Å²) in [5, 5.41) is 14.6. The van der Waals surface area contributed by atoms with Crippen LogP contribution in [0.3, 0.4) is 0 Å². The van der Waals surface area contributed by atoms with E-state index < -0.39 is 0 Å². The lowest BCUT2D eigenvalue weighted by atomic mass is 10.1. The van der Waals surface area contributed by atoms with Crippen LogP contribution in [0.4, 0.5) is 5.13 Å². The van der Waals surface area contributed by atoms with Gasteiger partial charge in [0, 0.05) is 23.9 Å². The summed E-state index contributed by atoms with van der Waals surface area (Å²) < 4.78 is 2.36. The number of nitrogens with one attached hydrogen (secondary N) is 2. The van der Waals surface area contributed by atoms with Crippen LogP contribution in [0.15, 0.2) is 47.2 Å². The number of unbranched alkanes of at least 4 members (excludes halogenated alkanes) is 1. The number of benzene rings is 1. The molecule has 6 nitrogen and oxygen atoms in total. The van der Waals surface area contributed by atoms with Crippen LogP contribution in [0.1, 0.15) is 31.7 Å². The first kappa shape index (κ1) is 21.6. The molecule has 0 aliphatic rings. The number of H-pyrrole nitrogens is 1. The van der Waals surface area contributed by atoms with Crippen molar-refractivity contribution in [1.29, 1.82) is 0 Å². The normalized spacial score (nSPS) is 11.0. The maximum absolute atomic E-state index is 12.5. The predicted octanol–water partition coefficient (Wildman–Crippen LogP) is 6.16. The Balaban J connectivity index is 1.36. The number of aromatic nitrogens is 4. The monoisotopic (exact) mass is 469 g/mol. The van der Waals surface area contributed by atoms with Crippen molar-refractivity contribution in [3.63, 3.8) is 0 Å². The molecule has 0 bridgehead atoms. The molecule has 0 radical (unpaired) electrons. The number of hydrogen-bond donors (Lipinski definition) is 2. The largest absolute Gasteiger partial charge is 0.302 e. The fraction of sp³-hybridized carbons (Fsp3) is 0.273. The van der Waals surface area contributed by atoms with E-state index in [1.807, 2.05) is 27.5 Å². The van der Waals surface area contributed by atoms with Gasteiger partial charge in [-0.1, -0.05) is 43.7 Å². The number of nitrogens with zero attached hydrogens (tertiary/aromatic N) is 3. The van der Waals surface area contributed by atoms with Crippen molar-refractivity contribution in [2.45, 2.75) is 39.2 Å². The van der Waals surface area contributed by atoms with Crippen LogP contribution in [0, 0.1) is 4.77 Å². The summed E-state index contributed by atoms with van der Waals surface area (Å²) in [6.45, 7) is 2.65. The number of carbonyl (C=O) groups excluding carboxylic acids is 1. The SMILES string of the molecule is CCCCc1ccc(-c2csc(NC(=O)CCn3c(-c4cccs4)n[nH]c3=S)n2)cc1. The number of thiophene rings is 1. The van der Waals surface area contributed by atoms with Crippen molar-refractivity contribution in [3.8, 4) is 22.0 Å². The molecular formula is C22H23N5OS3. The molecule has 0 atom stereocenters. The summed E-state index contributed by atoms with van der Waals surface area (Å²) in [5.41, 5.74) is 3.27. The number of anilines is 1. The van der Waals surface area contributed by atoms with Crippen LogP contribution >= 0.6 is 34.9 Å². The molecule has 4 aromatic rings. The average molecular weight is 470 g/mol. The van der Waals surface area contributed by atoms with Crippen molar-refractivity contribution in [3.05, 3.63) is 57.5 Å².